The minimum atomic E-state index is -4.05. The number of sulfonamides is 1. The van der Waals surface area contributed by atoms with Gasteiger partial charge in [0.05, 0.1) is 12.0 Å². The number of ether oxygens (including phenoxy) is 1. The molecule has 0 aromatic heterocycles. The first-order chi connectivity index (χ1) is 18.4. The molecule has 192 valence electrons. The maximum atomic E-state index is 14.2. The molecule has 2 atom stereocenters. The van der Waals surface area contributed by atoms with Crippen molar-refractivity contribution in [2.45, 2.75) is 30.3 Å². The van der Waals surface area contributed by atoms with E-state index in [1.54, 1.807) is 55.6 Å². The minimum absolute atomic E-state index is 0.155. The third kappa shape index (κ3) is 4.97. The van der Waals surface area contributed by atoms with E-state index in [2.05, 4.69) is 0 Å². The highest BCUT2D eigenvalue weighted by molar-refractivity contribution is 7.89. The minimum Gasteiger partial charge on any atom is -0.497 e. The molecule has 5 rings (SSSR count). The summed E-state index contributed by atoms with van der Waals surface area (Å²) in [7, 11) is -2.49. The van der Waals surface area contributed by atoms with Gasteiger partial charge in [0.2, 0.25) is 0 Å². The summed E-state index contributed by atoms with van der Waals surface area (Å²) in [5.74, 6) is 0.704. The Hall–Kier alpha value is -4.23. The van der Waals surface area contributed by atoms with Crippen LogP contribution in [-0.2, 0) is 16.4 Å². The van der Waals surface area contributed by atoms with Crippen LogP contribution in [0.5, 0.6) is 5.75 Å². The van der Waals surface area contributed by atoms with E-state index in [4.69, 9.17) is 9.73 Å². The van der Waals surface area contributed by atoms with E-state index < -0.39 is 22.1 Å². The molecule has 0 unspecified atom stereocenters. The van der Waals surface area contributed by atoms with Gasteiger partial charge in [-0.15, -0.1) is 0 Å². The molecule has 1 heterocycles. The molecule has 0 saturated carbocycles. The van der Waals surface area contributed by atoms with Gasteiger partial charge < -0.3 is 4.74 Å². The third-order valence-corrected chi connectivity index (χ3v) is 8.48. The Morgan fingerprint density at radius 3 is 2.05 bits per heavy atom. The average molecular weight is 525 g/mol. The largest absolute Gasteiger partial charge is 0.497 e. The van der Waals surface area contributed by atoms with Gasteiger partial charge in [0.25, 0.3) is 10.0 Å². The Kier molecular flexibility index (Phi) is 7.11. The lowest BCUT2D eigenvalue weighted by Gasteiger charge is -2.30. The van der Waals surface area contributed by atoms with Crippen LogP contribution in [0.1, 0.15) is 33.1 Å². The van der Waals surface area contributed by atoms with E-state index in [-0.39, 0.29) is 17.1 Å². The van der Waals surface area contributed by atoms with Crippen LogP contribution in [0.4, 0.5) is 0 Å². The predicted octanol–water partition coefficient (Wildman–Crippen LogP) is 5.64. The van der Waals surface area contributed by atoms with Crippen molar-refractivity contribution in [3.8, 4) is 5.75 Å². The van der Waals surface area contributed by atoms with Crippen LogP contribution in [0, 0.1) is 6.92 Å². The van der Waals surface area contributed by atoms with Crippen molar-refractivity contribution in [1.82, 2.24) is 4.31 Å². The van der Waals surface area contributed by atoms with Gasteiger partial charge in [0.15, 0.2) is 5.78 Å². The Balaban J connectivity index is 1.66. The number of hydrogen-bond acceptors (Lipinski definition) is 5. The second-order valence-electron chi connectivity index (χ2n) is 9.21. The topological polar surface area (TPSA) is 76.0 Å². The van der Waals surface area contributed by atoms with E-state index in [0.29, 0.717) is 22.7 Å². The van der Waals surface area contributed by atoms with Gasteiger partial charge in [-0.1, -0.05) is 78.4 Å². The second-order valence-corrected chi connectivity index (χ2v) is 11.0. The molecule has 0 aliphatic carbocycles. The van der Waals surface area contributed by atoms with Crippen molar-refractivity contribution in [3.05, 3.63) is 131 Å². The SMILES string of the molecule is COc1ccc(C(=O)[C@H]2N=C(Cc3ccccc3)N(S(=O)(=O)c3ccc(C)cc3)[C@@H]2c2ccccc2)cc1. The molecule has 0 fully saturated rings. The van der Waals surface area contributed by atoms with Crippen LogP contribution in [0.15, 0.2) is 119 Å². The number of nitrogens with zero attached hydrogens (tertiary/aromatic N) is 2. The smallest absolute Gasteiger partial charge is 0.265 e. The molecule has 6 nitrogen and oxygen atoms in total. The van der Waals surface area contributed by atoms with Gasteiger partial charge in [-0.2, -0.15) is 0 Å². The highest BCUT2D eigenvalue weighted by Crippen LogP contribution is 2.39. The van der Waals surface area contributed by atoms with Crippen molar-refractivity contribution in [2.75, 3.05) is 7.11 Å². The van der Waals surface area contributed by atoms with Crippen LogP contribution in [0.25, 0.3) is 0 Å². The molecule has 0 N–H and O–H groups in total. The van der Waals surface area contributed by atoms with Gasteiger partial charge in [0.1, 0.15) is 23.7 Å². The number of aryl methyl sites for hydroxylation is 1. The van der Waals surface area contributed by atoms with Crippen molar-refractivity contribution < 1.29 is 17.9 Å². The number of carbonyl (C=O) groups is 1. The summed E-state index contributed by atoms with van der Waals surface area (Å²) in [6.07, 6.45) is 0.266. The molecule has 0 spiro atoms. The standard InChI is InChI=1S/C31H28N2O4S/c1-22-13-19-27(20-14-22)38(35,36)33-28(21-23-9-5-3-6-10-23)32-29(30(33)24-11-7-4-8-12-24)31(34)25-15-17-26(37-2)18-16-25/h3-20,29-30H,21H2,1-2H3/t29-,30+/m0/s1. The fraction of sp³-hybridized carbons (Fsp3) is 0.161. The third-order valence-electron chi connectivity index (χ3n) is 6.66. The quantitative estimate of drug-likeness (QED) is 0.280. The number of benzene rings is 4. The molecule has 4 aromatic rings. The lowest BCUT2D eigenvalue weighted by Crippen LogP contribution is -2.40. The Morgan fingerprint density at radius 2 is 1.45 bits per heavy atom. The molecule has 38 heavy (non-hydrogen) atoms. The zero-order chi connectivity index (χ0) is 26.7. The summed E-state index contributed by atoms with van der Waals surface area (Å²) in [5.41, 5.74) is 2.99. The summed E-state index contributed by atoms with van der Waals surface area (Å²) in [6, 6.07) is 30.6. The Labute approximate surface area is 223 Å². The van der Waals surface area contributed by atoms with Gasteiger partial charge in [-0.05, 0) is 54.4 Å². The van der Waals surface area contributed by atoms with Crippen LogP contribution in [-0.4, -0.2) is 37.5 Å². The molecule has 1 aliphatic rings. The first-order valence-corrected chi connectivity index (χ1v) is 13.8. The van der Waals surface area contributed by atoms with Crippen LogP contribution < -0.4 is 4.74 Å². The Morgan fingerprint density at radius 1 is 0.842 bits per heavy atom. The monoisotopic (exact) mass is 524 g/mol. The van der Waals surface area contributed by atoms with Crippen molar-refractivity contribution in [3.63, 3.8) is 0 Å². The maximum absolute atomic E-state index is 14.2. The number of Topliss-reactive ketones (excluding diaryl/α,β-unsaturated/α-hetero) is 1. The number of aliphatic imine (C=N–C) groups is 1. The van der Waals surface area contributed by atoms with Crippen molar-refractivity contribution in [2.24, 2.45) is 4.99 Å². The number of hydrogen-bond donors (Lipinski definition) is 0. The van der Waals surface area contributed by atoms with Crippen LogP contribution >= 0.6 is 0 Å². The van der Waals surface area contributed by atoms with Gasteiger partial charge in [-0.25, -0.2) is 12.7 Å². The zero-order valence-corrected chi connectivity index (χ0v) is 22.0. The molecular weight excluding hydrogens is 496 g/mol. The molecule has 1 aliphatic heterocycles. The van der Waals surface area contributed by atoms with Gasteiger partial charge in [0, 0.05) is 12.0 Å². The Bertz CT molecular complexity index is 1550. The van der Waals surface area contributed by atoms with Crippen molar-refractivity contribution in [1.29, 1.82) is 0 Å². The average Bonchev–Trinajstić information content (AvgIpc) is 3.34. The van der Waals surface area contributed by atoms with E-state index in [1.165, 1.54) is 4.31 Å². The fourth-order valence-corrected chi connectivity index (χ4v) is 6.32. The number of ketones is 1. The molecule has 0 radical (unpaired) electrons. The molecule has 4 aromatic carbocycles. The summed E-state index contributed by atoms with van der Waals surface area (Å²) in [6.45, 7) is 1.91. The molecular formula is C31H28N2O4S. The first-order valence-electron chi connectivity index (χ1n) is 12.3. The lowest BCUT2D eigenvalue weighted by atomic mass is 9.94. The maximum Gasteiger partial charge on any atom is 0.265 e. The molecule has 0 saturated heterocycles. The highest BCUT2D eigenvalue weighted by atomic mass is 32.2. The van der Waals surface area contributed by atoms with Gasteiger partial charge >= 0.3 is 0 Å². The highest BCUT2D eigenvalue weighted by Gasteiger charge is 2.47. The predicted molar refractivity (Wildman–Crippen MR) is 148 cm³/mol. The van der Waals surface area contributed by atoms with Crippen LogP contribution in [0.3, 0.4) is 0 Å². The molecule has 0 amide bonds. The zero-order valence-electron chi connectivity index (χ0n) is 21.2. The normalized spacial score (nSPS) is 17.2. The molecule has 7 heteroatoms. The number of rotatable bonds is 8. The summed E-state index contributed by atoms with van der Waals surface area (Å²) < 4.78 is 35.1. The van der Waals surface area contributed by atoms with Crippen molar-refractivity contribution >= 4 is 21.6 Å². The number of amidine groups is 1. The molecule has 0 bridgehead atoms. The fourth-order valence-electron chi connectivity index (χ4n) is 4.69. The summed E-state index contributed by atoms with van der Waals surface area (Å²) in [4.78, 5) is 18.9. The summed E-state index contributed by atoms with van der Waals surface area (Å²) in [5, 5.41) is 0. The van der Waals surface area contributed by atoms with E-state index >= 15 is 0 Å². The van der Waals surface area contributed by atoms with E-state index in [0.717, 1.165) is 11.1 Å². The van der Waals surface area contributed by atoms with E-state index in [9.17, 15) is 13.2 Å². The summed E-state index contributed by atoms with van der Waals surface area (Å²) >= 11 is 0. The van der Waals surface area contributed by atoms with E-state index in [1.807, 2.05) is 67.6 Å². The first kappa shape index (κ1) is 25.4. The number of carbonyl (C=O) groups excluding carboxylic acids is 1. The second kappa shape index (κ2) is 10.6. The van der Waals surface area contributed by atoms with Crippen LogP contribution in [0.2, 0.25) is 0 Å². The number of methoxy groups -OCH3 is 1. The van der Waals surface area contributed by atoms with Gasteiger partial charge in [-0.3, -0.25) is 9.79 Å². The lowest BCUT2D eigenvalue weighted by molar-refractivity contribution is 0.0944.